The van der Waals surface area contributed by atoms with Gasteiger partial charge in [0.25, 0.3) is 0 Å². The predicted molar refractivity (Wildman–Crippen MR) is 119 cm³/mol. The van der Waals surface area contributed by atoms with Crippen molar-refractivity contribution in [3.63, 3.8) is 0 Å². The summed E-state index contributed by atoms with van der Waals surface area (Å²) in [5.74, 6) is 2.15. The Balaban J connectivity index is 1.29. The molecule has 1 spiro atoms. The van der Waals surface area contributed by atoms with E-state index in [1.807, 2.05) is 17.5 Å². The van der Waals surface area contributed by atoms with E-state index in [9.17, 15) is 0 Å². The molecule has 0 N–H and O–H groups in total. The number of amidine groups is 1. The zero-order valence-electron chi connectivity index (χ0n) is 16.3. The van der Waals surface area contributed by atoms with Gasteiger partial charge in [-0.15, -0.1) is 16.9 Å². The molecule has 0 atom stereocenters. The molecule has 148 valence electrons. The van der Waals surface area contributed by atoms with Crippen LogP contribution in [0.4, 0.5) is 0 Å². The van der Waals surface area contributed by atoms with E-state index in [1.54, 1.807) is 11.8 Å². The first-order valence-corrected chi connectivity index (χ1v) is 12.0. The highest BCUT2D eigenvalue weighted by Gasteiger charge is 2.37. The number of rotatable bonds is 1. The molecule has 4 rings (SSSR count). The number of hydrogen-bond acceptors (Lipinski definition) is 7. The van der Waals surface area contributed by atoms with Crippen LogP contribution in [0.2, 0.25) is 0 Å². The fourth-order valence-electron chi connectivity index (χ4n) is 4.79. The molecule has 2 fully saturated rings. The molecule has 4 aliphatic heterocycles. The van der Waals surface area contributed by atoms with Crippen molar-refractivity contribution in [1.82, 2.24) is 14.1 Å². The summed E-state index contributed by atoms with van der Waals surface area (Å²) in [5.41, 5.74) is 2.30. The van der Waals surface area contributed by atoms with Crippen molar-refractivity contribution < 1.29 is 0 Å². The van der Waals surface area contributed by atoms with Gasteiger partial charge >= 0.3 is 0 Å². The molecule has 0 aliphatic carbocycles. The minimum Gasteiger partial charge on any atom is -0.358 e. The third kappa shape index (κ3) is 5.00. The maximum absolute atomic E-state index is 4.34. The summed E-state index contributed by atoms with van der Waals surface area (Å²) in [5, 5.41) is 10.6. The fraction of sp³-hybridized carbons (Fsp3) is 0.700. The minimum absolute atomic E-state index is 0.452. The Kier molecular flexibility index (Phi) is 6.63. The topological polar surface area (TPSA) is 34.4 Å². The van der Waals surface area contributed by atoms with Crippen LogP contribution in [0.1, 0.15) is 32.1 Å². The van der Waals surface area contributed by atoms with Crippen molar-refractivity contribution in [2.45, 2.75) is 38.1 Å². The van der Waals surface area contributed by atoms with Crippen LogP contribution in [-0.4, -0.2) is 77.1 Å². The molecule has 4 heterocycles. The number of hydrogen-bond donors (Lipinski definition) is 0. The van der Waals surface area contributed by atoms with Crippen molar-refractivity contribution >= 4 is 35.1 Å². The summed E-state index contributed by atoms with van der Waals surface area (Å²) in [6.45, 7) is 5.97. The highest BCUT2D eigenvalue weighted by Crippen LogP contribution is 2.39. The molecule has 0 radical (unpaired) electrons. The van der Waals surface area contributed by atoms with Crippen LogP contribution in [0.15, 0.2) is 33.8 Å². The zero-order valence-corrected chi connectivity index (χ0v) is 17.9. The number of thioether (sulfide) groups is 1. The standard InChI is InChI=1S/C20H31N5S2/c1-23-16-20(7-3-2-4-14-27-23)8-12-24(13-9-20)18-5-10-25(11-6-18)19-15-26-17-21-22-19/h2-4,14,17-18H,5-13,15-16H2,1H3/b3-2-,14-4-. The Morgan fingerprint density at radius 2 is 1.93 bits per heavy atom. The maximum atomic E-state index is 4.34. The monoisotopic (exact) mass is 405 g/mol. The molecule has 7 heteroatoms. The molecule has 27 heavy (non-hydrogen) atoms. The van der Waals surface area contributed by atoms with E-state index in [0.717, 1.165) is 24.9 Å². The van der Waals surface area contributed by atoms with Crippen molar-refractivity contribution in [2.24, 2.45) is 15.6 Å². The average Bonchev–Trinajstić information content (AvgIpc) is 2.80. The number of likely N-dealkylation sites (tertiary alicyclic amines) is 2. The van der Waals surface area contributed by atoms with E-state index in [1.165, 1.54) is 57.6 Å². The molecule has 0 saturated carbocycles. The summed E-state index contributed by atoms with van der Waals surface area (Å²) in [6, 6.07) is 0.750. The van der Waals surface area contributed by atoms with Gasteiger partial charge in [0.05, 0.1) is 11.3 Å². The van der Waals surface area contributed by atoms with E-state index in [-0.39, 0.29) is 0 Å². The van der Waals surface area contributed by atoms with E-state index in [2.05, 4.69) is 55.0 Å². The Hall–Kier alpha value is -0.760. The van der Waals surface area contributed by atoms with Gasteiger partial charge < -0.3 is 9.80 Å². The maximum Gasteiger partial charge on any atom is 0.137 e. The fourth-order valence-corrected chi connectivity index (χ4v) is 6.08. The van der Waals surface area contributed by atoms with Crippen LogP contribution in [0.5, 0.6) is 0 Å². The number of nitrogens with zero attached hydrogens (tertiary/aromatic N) is 5. The van der Waals surface area contributed by atoms with Crippen LogP contribution >= 0.6 is 23.7 Å². The van der Waals surface area contributed by atoms with E-state index >= 15 is 0 Å². The predicted octanol–water partition coefficient (Wildman–Crippen LogP) is 3.68. The normalized spacial score (nSPS) is 30.4. The third-order valence-electron chi connectivity index (χ3n) is 6.39. The van der Waals surface area contributed by atoms with Gasteiger partial charge in [0, 0.05) is 25.7 Å². The SMILES string of the molecule is CN1CC2(C/C=C\C=C/S1)CCN(C1CCN(C3=NN=CSC3)CC1)CC2. The molecule has 5 nitrogen and oxygen atoms in total. The summed E-state index contributed by atoms with van der Waals surface area (Å²) in [4.78, 5) is 5.23. The number of piperidine rings is 2. The second-order valence-electron chi connectivity index (χ2n) is 8.15. The van der Waals surface area contributed by atoms with Gasteiger partial charge in [0.2, 0.25) is 0 Å². The molecule has 4 aliphatic rings. The summed E-state index contributed by atoms with van der Waals surface area (Å²) in [6.07, 6.45) is 13.2. The Morgan fingerprint density at radius 3 is 2.67 bits per heavy atom. The molecular weight excluding hydrogens is 374 g/mol. The molecule has 0 bridgehead atoms. The molecule has 0 amide bonds. The molecular formula is C20H31N5S2. The van der Waals surface area contributed by atoms with Crippen molar-refractivity contribution in [3.8, 4) is 0 Å². The van der Waals surface area contributed by atoms with E-state index < -0.39 is 0 Å². The first-order chi connectivity index (χ1) is 13.2. The molecule has 2 saturated heterocycles. The van der Waals surface area contributed by atoms with Crippen molar-refractivity contribution in [3.05, 3.63) is 23.6 Å². The van der Waals surface area contributed by atoms with Gasteiger partial charge in [-0.25, -0.2) is 4.31 Å². The third-order valence-corrected chi connectivity index (χ3v) is 7.82. The van der Waals surface area contributed by atoms with E-state index in [0.29, 0.717) is 5.41 Å². The summed E-state index contributed by atoms with van der Waals surface area (Å²) in [7, 11) is 2.24. The summed E-state index contributed by atoms with van der Waals surface area (Å²) < 4.78 is 2.42. The van der Waals surface area contributed by atoms with Gasteiger partial charge in [0.1, 0.15) is 5.84 Å². The quantitative estimate of drug-likeness (QED) is 0.622. The minimum atomic E-state index is 0.452. The summed E-state index contributed by atoms with van der Waals surface area (Å²) >= 11 is 3.59. The van der Waals surface area contributed by atoms with Gasteiger partial charge in [-0.2, -0.15) is 5.10 Å². The highest BCUT2D eigenvalue weighted by atomic mass is 32.2. The van der Waals surface area contributed by atoms with E-state index in [4.69, 9.17) is 0 Å². The largest absolute Gasteiger partial charge is 0.358 e. The lowest BCUT2D eigenvalue weighted by Gasteiger charge is -2.47. The van der Waals surface area contributed by atoms with Gasteiger partial charge in [-0.05, 0) is 63.1 Å². The second kappa shape index (κ2) is 9.16. The average molecular weight is 406 g/mol. The molecule has 0 aromatic heterocycles. The lowest BCUT2D eigenvalue weighted by Crippen LogP contribution is -2.52. The Morgan fingerprint density at radius 1 is 1.11 bits per heavy atom. The van der Waals surface area contributed by atoms with Crippen molar-refractivity contribution in [1.29, 1.82) is 0 Å². The van der Waals surface area contributed by atoms with Crippen LogP contribution in [-0.2, 0) is 0 Å². The Labute approximate surface area is 172 Å². The second-order valence-corrected chi connectivity index (χ2v) is 10.1. The van der Waals surface area contributed by atoms with Crippen LogP contribution in [0, 0.1) is 5.41 Å². The lowest BCUT2D eigenvalue weighted by molar-refractivity contribution is 0.0465. The molecule has 0 unspecified atom stereocenters. The van der Waals surface area contributed by atoms with Gasteiger partial charge in [-0.3, -0.25) is 0 Å². The highest BCUT2D eigenvalue weighted by molar-refractivity contribution is 8.12. The first kappa shape index (κ1) is 19.6. The Bertz CT molecular complexity index is 614. The van der Waals surface area contributed by atoms with Gasteiger partial charge in [-0.1, -0.05) is 30.2 Å². The molecule has 0 aromatic carbocycles. The van der Waals surface area contributed by atoms with Crippen LogP contribution in [0.25, 0.3) is 0 Å². The van der Waals surface area contributed by atoms with Crippen molar-refractivity contribution in [2.75, 3.05) is 45.5 Å². The van der Waals surface area contributed by atoms with Crippen LogP contribution in [0.3, 0.4) is 0 Å². The molecule has 0 aromatic rings. The first-order valence-electron chi connectivity index (χ1n) is 10.1. The smallest absolute Gasteiger partial charge is 0.137 e. The van der Waals surface area contributed by atoms with Gasteiger partial charge in [0.15, 0.2) is 0 Å². The number of allylic oxidation sites excluding steroid dienone is 3. The van der Waals surface area contributed by atoms with Crippen LogP contribution < -0.4 is 0 Å². The zero-order chi connectivity index (χ0) is 18.5. The lowest BCUT2D eigenvalue weighted by atomic mass is 9.75.